The predicted octanol–water partition coefficient (Wildman–Crippen LogP) is 4.48. The number of hydrogen-bond acceptors (Lipinski definition) is 3. The van der Waals surface area contributed by atoms with E-state index in [-0.39, 0.29) is 0 Å². The second-order valence-corrected chi connectivity index (χ2v) is 7.35. The molecule has 0 radical (unpaired) electrons. The molecule has 108 valence electrons. The van der Waals surface area contributed by atoms with Crippen LogP contribution in [0.15, 0.2) is 29.3 Å². The molecule has 0 saturated heterocycles. The Labute approximate surface area is 130 Å². The van der Waals surface area contributed by atoms with Gasteiger partial charge in [0.1, 0.15) is 0 Å². The zero-order valence-corrected chi connectivity index (χ0v) is 13.3. The van der Waals surface area contributed by atoms with Gasteiger partial charge in [0.05, 0.1) is 0 Å². The molecule has 1 aliphatic heterocycles. The molecule has 0 amide bonds. The summed E-state index contributed by atoms with van der Waals surface area (Å²) in [5.41, 5.74) is 1.71. The summed E-state index contributed by atoms with van der Waals surface area (Å²) >= 11 is 7.90. The van der Waals surface area contributed by atoms with Crippen LogP contribution in [-0.4, -0.2) is 17.5 Å². The van der Waals surface area contributed by atoms with E-state index in [1.807, 2.05) is 30.0 Å². The summed E-state index contributed by atoms with van der Waals surface area (Å²) in [5, 5.41) is 5.33. The zero-order valence-electron chi connectivity index (χ0n) is 11.7. The molecule has 2 nitrogen and oxygen atoms in total. The molecule has 0 atom stereocenters. The van der Waals surface area contributed by atoms with Crippen molar-refractivity contribution >= 4 is 28.5 Å². The average Bonchev–Trinajstić information content (AvgIpc) is 2.48. The van der Waals surface area contributed by atoms with Gasteiger partial charge >= 0.3 is 0 Å². The lowest BCUT2D eigenvalue weighted by molar-refractivity contribution is 0.232. The summed E-state index contributed by atoms with van der Waals surface area (Å²) in [5.74, 6) is 1.23. The molecule has 0 unspecified atom stereocenters. The number of nitrogens with one attached hydrogen (secondary N) is 1. The number of aliphatic imine (C=N–C) groups is 1. The van der Waals surface area contributed by atoms with Crippen LogP contribution in [0.5, 0.6) is 0 Å². The Bertz CT molecular complexity index is 495. The van der Waals surface area contributed by atoms with Crippen LogP contribution in [-0.2, 0) is 6.54 Å². The first kappa shape index (κ1) is 14.3. The summed E-state index contributed by atoms with van der Waals surface area (Å²) in [6, 6.07) is 8.00. The first-order chi connectivity index (χ1) is 9.76. The van der Waals surface area contributed by atoms with Gasteiger partial charge < -0.3 is 5.32 Å². The van der Waals surface area contributed by atoms with E-state index in [1.54, 1.807) is 0 Å². The van der Waals surface area contributed by atoms with Crippen LogP contribution in [0.3, 0.4) is 0 Å². The molecule has 1 saturated carbocycles. The lowest BCUT2D eigenvalue weighted by Gasteiger charge is -2.38. The first-order valence-electron chi connectivity index (χ1n) is 7.41. The molecule has 3 rings (SSSR count). The van der Waals surface area contributed by atoms with E-state index in [1.165, 1.54) is 43.4 Å². The number of benzene rings is 1. The van der Waals surface area contributed by atoms with Crippen LogP contribution in [0, 0.1) is 5.41 Å². The highest BCUT2D eigenvalue weighted by Gasteiger charge is 2.34. The highest BCUT2D eigenvalue weighted by atomic mass is 35.5. The fourth-order valence-electron chi connectivity index (χ4n) is 3.09. The smallest absolute Gasteiger partial charge is 0.156 e. The van der Waals surface area contributed by atoms with E-state index >= 15 is 0 Å². The normalized spacial score (nSPS) is 21.6. The molecule has 2 aliphatic rings. The molecule has 0 aromatic heterocycles. The van der Waals surface area contributed by atoms with E-state index in [0.717, 1.165) is 23.3 Å². The molecule has 1 fully saturated rings. The van der Waals surface area contributed by atoms with Crippen molar-refractivity contribution in [2.75, 3.05) is 12.3 Å². The maximum atomic E-state index is 6.00. The van der Waals surface area contributed by atoms with Crippen LogP contribution >= 0.6 is 23.4 Å². The fourth-order valence-corrected chi connectivity index (χ4v) is 4.45. The summed E-state index contributed by atoms with van der Waals surface area (Å²) in [6.45, 7) is 1.82. The standard InChI is InChI=1S/C16H21ClN2S/c17-14-6-4-5-13(9-14)10-18-15-19-11-16(12-20-15)7-2-1-3-8-16/h4-6,9H,1-3,7-8,10-12H2,(H,18,19). The molecule has 1 aromatic carbocycles. The van der Waals surface area contributed by atoms with Crippen molar-refractivity contribution in [1.29, 1.82) is 0 Å². The van der Waals surface area contributed by atoms with Gasteiger partial charge in [-0.3, -0.25) is 4.99 Å². The van der Waals surface area contributed by atoms with Gasteiger partial charge in [0.25, 0.3) is 0 Å². The zero-order chi connectivity index (χ0) is 13.8. The van der Waals surface area contributed by atoms with Gasteiger partial charge in [0.15, 0.2) is 5.17 Å². The molecule has 0 bridgehead atoms. The van der Waals surface area contributed by atoms with Crippen molar-refractivity contribution in [2.45, 2.75) is 38.6 Å². The minimum atomic E-state index is 0.504. The SMILES string of the molecule is Clc1cccc(CNC2=NCC3(CCCCC3)CS2)c1. The molecule has 1 spiro atoms. The van der Waals surface area contributed by atoms with Gasteiger partial charge in [-0.05, 0) is 36.0 Å². The Morgan fingerprint density at radius 3 is 2.80 bits per heavy atom. The summed E-state index contributed by atoms with van der Waals surface area (Å²) < 4.78 is 0. The minimum Gasteiger partial charge on any atom is -0.361 e. The molecule has 1 aromatic rings. The summed E-state index contributed by atoms with van der Waals surface area (Å²) in [7, 11) is 0. The van der Waals surface area contributed by atoms with Crippen LogP contribution in [0.1, 0.15) is 37.7 Å². The number of rotatable bonds is 2. The Hall–Kier alpha value is -0.670. The van der Waals surface area contributed by atoms with Crippen LogP contribution in [0.25, 0.3) is 0 Å². The van der Waals surface area contributed by atoms with Gasteiger partial charge in [-0.15, -0.1) is 0 Å². The van der Waals surface area contributed by atoms with Crippen molar-refractivity contribution in [3.05, 3.63) is 34.9 Å². The van der Waals surface area contributed by atoms with E-state index in [0.29, 0.717) is 5.41 Å². The van der Waals surface area contributed by atoms with Gasteiger partial charge in [-0.1, -0.05) is 54.8 Å². The van der Waals surface area contributed by atoms with Gasteiger partial charge in [-0.2, -0.15) is 0 Å². The number of amidine groups is 1. The van der Waals surface area contributed by atoms with E-state index in [2.05, 4.69) is 11.4 Å². The summed E-state index contributed by atoms with van der Waals surface area (Å²) in [4.78, 5) is 4.78. The average molecular weight is 309 g/mol. The number of thioether (sulfide) groups is 1. The molecular weight excluding hydrogens is 288 g/mol. The lowest BCUT2D eigenvalue weighted by atomic mass is 9.75. The van der Waals surface area contributed by atoms with Crippen molar-refractivity contribution in [1.82, 2.24) is 5.32 Å². The molecule has 1 heterocycles. The highest BCUT2D eigenvalue weighted by Crippen LogP contribution is 2.41. The maximum absolute atomic E-state index is 6.00. The van der Waals surface area contributed by atoms with Gasteiger partial charge in [0, 0.05) is 23.9 Å². The van der Waals surface area contributed by atoms with Crippen LogP contribution in [0.2, 0.25) is 5.02 Å². The van der Waals surface area contributed by atoms with Crippen LogP contribution < -0.4 is 5.32 Å². The number of nitrogens with zero attached hydrogens (tertiary/aromatic N) is 1. The molecule has 1 N–H and O–H groups in total. The minimum absolute atomic E-state index is 0.504. The lowest BCUT2D eigenvalue weighted by Crippen LogP contribution is -2.36. The largest absolute Gasteiger partial charge is 0.361 e. The van der Waals surface area contributed by atoms with E-state index in [9.17, 15) is 0 Å². The third-order valence-electron chi connectivity index (χ3n) is 4.32. The van der Waals surface area contributed by atoms with Crippen molar-refractivity contribution in [3.8, 4) is 0 Å². The number of halogens is 1. The fraction of sp³-hybridized carbons (Fsp3) is 0.562. The molecule has 4 heteroatoms. The second kappa shape index (κ2) is 6.40. The van der Waals surface area contributed by atoms with Crippen molar-refractivity contribution in [2.24, 2.45) is 10.4 Å². The second-order valence-electron chi connectivity index (χ2n) is 5.95. The topological polar surface area (TPSA) is 24.4 Å². The third kappa shape index (κ3) is 3.50. The van der Waals surface area contributed by atoms with Crippen molar-refractivity contribution in [3.63, 3.8) is 0 Å². The Morgan fingerprint density at radius 1 is 1.25 bits per heavy atom. The first-order valence-corrected chi connectivity index (χ1v) is 8.78. The van der Waals surface area contributed by atoms with E-state index < -0.39 is 0 Å². The van der Waals surface area contributed by atoms with E-state index in [4.69, 9.17) is 16.6 Å². The van der Waals surface area contributed by atoms with Gasteiger partial charge in [0.2, 0.25) is 0 Å². The van der Waals surface area contributed by atoms with Crippen molar-refractivity contribution < 1.29 is 0 Å². The maximum Gasteiger partial charge on any atom is 0.156 e. The Kier molecular flexibility index (Phi) is 4.57. The molecular formula is C16H21ClN2S. The summed E-state index contributed by atoms with van der Waals surface area (Å²) in [6.07, 6.45) is 6.93. The Morgan fingerprint density at radius 2 is 2.10 bits per heavy atom. The molecule has 20 heavy (non-hydrogen) atoms. The molecule has 1 aliphatic carbocycles. The Balaban J connectivity index is 1.54. The monoisotopic (exact) mass is 308 g/mol. The van der Waals surface area contributed by atoms with Crippen LogP contribution in [0.4, 0.5) is 0 Å². The predicted molar refractivity (Wildman–Crippen MR) is 88.6 cm³/mol. The highest BCUT2D eigenvalue weighted by molar-refractivity contribution is 8.13. The quantitative estimate of drug-likeness (QED) is 0.871. The van der Waals surface area contributed by atoms with Gasteiger partial charge in [-0.25, -0.2) is 0 Å². The third-order valence-corrected chi connectivity index (χ3v) is 5.86. The number of hydrogen-bond donors (Lipinski definition) is 1.